The lowest BCUT2D eigenvalue weighted by molar-refractivity contribution is 1.01. The van der Waals surface area contributed by atoms with E-state index in [4.69, 9.17) is 0 Å². The smallest absolute Gasteiger partial charge is 0.128 e. The van der Waals surface area contributed by atoms with Crippen molar-refractivity contribution in [1.29, 1.82) is 5.26 Å². The Hall–Kier alpha value is -2.93. The maximum Gasteiger partial charge on any atom is 0.128 e. The van der Waals surface area contributed by atoms with E-state index >= 15 is 0 Å². The summed E-state index contributed by atoms with van der Waals surface area (Å²) >= 11 is 0. The van der Waals surface area contributed by atoms with E-state index in [0.717, 1.165) is 22.3 Å². The van der Waals surface area contributed by atoms with Gasteiger partial charge < -0.3 is 5.32 Å². The first kappa shape index (κ1) is 13.1. The van der Waals surface area contributed by atoms with Gasteiger partial charge in [-0.1, -0.05) is 24.3 Å². The van der Waals surface area contributed by atoms with Gasteiger partial charge in [-0.2, -0.15) is 5.26 Å². The summed E-state index contributed by atoms with van der Waals surface area (Å²) in [4.78, 5) is 8.97. The minimum absolute atomic E-state index is 0.581. The largest absolute Gasteiger partial charge is 0.364 e. The average Bonchev–Trinajstić information content (AvgIpc) is 2.52. The molecule has 0 atom stereocenters. The summed E-state index contributed by atoms with van der Waals surface area (Å²) in [6, 6.07) is 17.6. The Balaban J connectivity index is 1.89. The van der Waals surface area contributed by atoms with Crippen LogP contribution in [0.25, 0.3) is 10.9 Å². The summed E-state index contributed by atoms with van der Waals surface area (Å²) in [5, 5.41) is 13.4. The molecule has 102 valence electrons. The Bertz CT molecular complexity index is 834. The summed E-state index contributed by atoms with van der Waals surface area (Å²) < 4.78 is 0. The molecule has 0 bridgehead atoms. The van der Waals surface area contributed by atoms with Gasteiger partial charge in [-0.3, -0.25) is 4.98 Å². The van der Waals surface area contributed by atoms with Crippen LogP contribution in [0.3, 0.4) is 0 Å². The van der Waals surface area contributed by atoms with E-state index < -0.39 is 0 Å². The Morgan fingerprint density at radius 3 is 2.76 bits per heavy atom. The first-order valence-electron chi connectivity index (χ1n) is 6.72. The summed E-state index contributed by atoms with van der Waals surface area (Å²) in [5.74, 6) is 0.688. The third-order valence-corrected chi connectivity index (χ3v) is 3.23. The Morgan fingerprint density at radius 1 is 1.10 bits per heavy atom. The van der Waals surface area contributed by atoms with Gasteiger partial charge in [0.15, 0.2) is 0 Å². The summed E-state index contributed by atoms with van der Waals surface area (Å²) in [7, 11) is 0. The molecule has 1 N–H and O–H groups in total. The predicted molar refractivity (Wildman–Crippen MR) is 82.8 cm³/mol. The van der Waals surface area contributed by atoms with Crippen molar-refractivity contribution in [3.05, 3.63) is 65.5 Å². The van der Waals surface area contributed by atoms with Crippen LogP contribution in [0.5, 0.6) is 0 Å². The van der Waals surface area contributed by atoms with Gasteiger partial charge in [0, 0.05) is 11.1 Å². The molecule has 21 heavy (non-hydrogen) atoms. The number of fused-ring (bicyclic) bond motifs is 1. The standard InChI is InChI=1S/C17H14N4/c1-12-5-4-6-14(20-12)11-19-17-9-13(10-18)15-7-2-3-8-16(15)21-17/h2-9H,11H2,1H3,(H,19,21). The van der Waals surface area contributed by atoms with Gasteiger partial charge in [0.05, 0.1) is 29.4 Å². The molecule has 0 aliphatic heterocycles. The highest BCUT2D eigenvalue weighted by Gasteiger charge is 2.05. The molecule has 0 spiro atoms. The molecule has 0 unspecified atom stereocenters. The quantitative estimate of drug-likeness (QED) is 0.795. The van der Waals surface area contributed by atoms with Crippen LogP contribution in [0.2, 0.25) is 0 Å². The zero-order valence-corrected chi connectivity index (χ0v) is 11.7. The van der Waals surface area contributed by atoms with E-state index in [-0.39, 0.29) is 0 Å². The molecular formula is C17H14N4. The molecule has 0 fully saturated rings. The Kier molecular flexibility index (Phi) is 3.48. The predicted octanol–water partition coefficient (Wildman–Crippen LogP) is 3.42. The highest BCUT2D eigenvalue weighted by Crippen LogP contribution is 2.20. The normalized spacial score (nSPS) is 10.3. The molecule has 4 nitrogen and oxygen atoms in total. The maximum absolute atomic E-state index is 9.26. The summed E-state index contributed by atoms with van der Waals surface area (Å²) in [5.41, 5.74) is 3.37. The lowest BCUT2D eigenvalue weighted by atomic mass is 10.1. The first-order chi connectivity index (χ1) is 10.3. The second-order valence-corrected chi connectivity index (χ2v) is 4.81. The van der Waals surface area contributed by atoms with Crippen molar-refractivity contribution in [3.8, 4) is 6.07 Å². The molecule has 0 saturated heterocycles. The molecule has 3 rings (SSSR count). The minimum Gasteiger partial charge on any atom is -0.364 e. The summed E-state index contributed by atoms with van der Waals surface area (Å²) in [6.07, 6.45) is 0. The van der Waals surface area contributed by atoms with Crippen LogP contribution >= 0.6 is 0 Å². The van der Waals surface area contributed by atoms with E-state index in [2.05, 4.69) is 21.4 Å². The molecule has 0 radical (unpaired) electrons. The van der Waals surface area contributed by atoms with Crippen molar-refractivity contribution >= 4 is 16.7 Å². The monoisotopic (exact) mass is 274 g/mol. The highest BCUT2D eigenvalue weighted by molar-refractivity contribution is 5.86. The van der Waals surface area contributed by atoms with Crippen LogP contribution in [0.1, 0.15) is 17.0 Å². The van der Waals surface area contributed by atoms with Gasteiger partial charge in [-0.05, 0) is 31.2 Å². The number of nitrogens with one attached hydrogen (secondary N) is 1. The second-order valence-electron chi connectivity index (χ2n) is 4.81. The molecular weight excluding hydrogens is 260 g/mol. The van der Waals surface area contributed by atoms with E-state index in [1.807, 2.05) is 49.4 Å². The van der Waals surface area contributed by atoms with Gasteiger partial charge in [0.25, 0.3) is 0 Å². The van der Waals surface area contributed by atoms with Crippen LogP contribution in [-0.2, 0) is 6.54 Å². The van der Waals surface area contributed by atoms with E-state index in [1.54, 1.807) is 6.07 Å². The fourth-order valence-electron chi connectivity index (χ4n) is 2.24. The van der Waals surface area contributed by atoms with Crippen LogP contribution in [0.4, 0.5) is 5.82 Å². The number of benzene rings is 1. The second kappa shape index (κ2) is 5.59. The number of para-hydroxylation sites is 1. The molecule has 0 aliphatic rings. The van der Waals surface area contributed by atoms with Crippen LogP contribution < -0.4 is 5.32 Å². The van der Waals surface area contributed by atoms with Crippen LogP contribution in [0.15, 0.2) is 48.5 Å². The average molecular weight is 274 g/mol. The lowest BCUT2D eigenvalue weighted by Gasteiger charge is -2.08. The number of anilines is 1. The van der Waals surface area contributed by atoms with Crippen molar-refractivity contribution < 1.29 is 0 Å². The fourth-order valence-corrected chi connectivity index (χ4v) is 2.24. The van der Waals surface area contributed by atoms with Crippen LogP contribution in [0, 0.1) is 18.3 Å². The van der Waals surface area contributed by atoms with E-state index in [1.165, 1.54) is 0 Å². The molecule has 2 aromatic heterocycles. The fraction of sp³-hybridized carbons (Fsp3) is 0.118. The van der Waals surface area contributed by atoms with Gasteiger partial charge in [-0.15, -0.1) is 0 Å². The highest BCUT2D eigenvalue weighted by atomic mass is 15.0. The lowest BCUT2D eigenvalue weighted by Crippen LogP contribution is -2.04. The zero-order valence-electron chi connectivity index (χ0n) is 11.7. The number of aromatic nitrogens is 2. The van der Waals surface area contributed by atoms with E-state index in [0.29, 0.717) is 17.9 Å². The first-order valence-corrected chi connectivity index (χ1v) is 6.72. The van der Waals surface area contributed by atoms with Gasteiger partial charge in [0.2, 0.25) is 0 Å². The number of nitriles is 1. The topological polar surface area (TPSA) is 61.6 Å². The summed E-state index contributed by atoms with van der Waals surface area (Å²) in [6.45, 7) is 2.55. The molecule has 2 heterocycles. The number of aryl methyl sites for hydroxylation is 1. The Labute approximate surface area is 123 Å². The SMILES string of the molecule is Cc1cccc(CNc2cc(C#N)c3ccccc3n2)n1. The number of pyridine rings is 2. The van der Waals surface area contributed by atoms with Crippen molar-refractivity contribution in [3.63, 3.8) is 0 Å². The molecule has 0 aliphatic carbocycles. The number of nitrogens with zero attached hydrogens (tertiary/aromatic N) is 3. The van der Waals surface area contributed by atoms with E-state index in [9.17, 15) is 5.26 Å². The zero-order chi connectivity index (χ0) is 14.7. The minimum atomic E-state index is 0.581. The van der Waals surface area contributed by atoms with Crippen molar-refractivity contribution in [2.45, 2.75) is 13.5 Å². The third kappa shape index (κ3) is 2.82. The van der Waals surface area contributed by atoms with Crippen molar-refractivity contribution in [2.24, 2.45) is 0 Å². The van der Waals surface area contributed by atoms with Crippen molar-refractivity contribution in [2.75, 3.05) is 5.32 Å². The van der Waals surface area contributed by atoms with Gasteiger partial charge in [-0.25, -0.2) is 4.98 Å². The number of hydrogen-bond donors (Lipinski definition) is 1. The molecule has 0 saturated carbocycles. The van der Waals surface area contributed by atoms with Gasteiger partial charge >= 0.3 is 0 Å². The Morgan fingerprint density at radius 2 is 1.95 bits per heavy atom. The molecule has 0 amide bonds. The van der Waals surface area contributed by atoms with Gasteiger partial charge in [0.1, 0.15) is 5.82 Å². The molecule has 4 heteroatoms. The molecule has 3 aromatic rings. The number of hydrogen-bond acceptors (Lipinski definition) is 4. The van der Waals surface area contributed by atoms with Crippen LogP contribution in [-0.4, -0.2) is 9.97 Å². The maximum atomic E-state index is 9.26. The molecule has 1 aromatic carbocycles. The third-order valence-electron chi connectivity index (χ3n) is 3.23. The number of rotatable bonds is 3. The van der Waals surface area contributed by atoms with Crippen molar-refractivity contribution in [1.82, 2.24) is 9.97 Å².